The van der Waals surface area contributed by atoms with Crippen LogP contribution in [0.4, 0.5) is 0 Å². The Hall–Kier alpha value is -0.830. The molecule has 0 saturated heterocycles. The third-order valence-corrected chi connectivity index (χ3v) is 3.37. The maximum absolute atomic E-state index is 4.61. The summed E-state index contributed by atoms with van der Waals surface area (Å²) in [6.45, 7) is 3.15. The molecule has 0 amide bonds. The molecule has 0 N–H and O–H groups in total. The van der Waals surface area contributed by atoms with Gasteiger partial charge in [0.15, 0.2) is 0 Å². The highest BCUT2D eigenvalue weighted by Gasteiger charge is 2.12. The highest BCUT2D eigenvalue weighted by molar-refractivity contribution is 7.99. The van der Waals surface area contributed by atoms with Crippen LogP contribution in [-0.4, -0.2) is 23.0 Å². The molecule has 1 aliphatic rings. The first kappa shape index (κ1) is 10.7. The van der Waals surface area contributed by atoms with Gasteiger partial charge in [-0.3, -0.25) is 4.99 Å². The number of pyridine rings is 1. The van der Waals surface area contributed by atoms with Crippen LogP contribution < -0.4 is 0 Å². The van der Waals surface area contributed by atoms with Crippen molar-refractivity contribution in [2.45, 2.75) is 31.2 Å². The van der Waals surface area contributed by atoms with Crippen LogP contribution in [0.15, 0.2) is 28.3 Å². The van der Waals surface area contributed by atoms with Crippen molar-refractivity contribution in [3.63, 3.8) is 0 Å². The zero-order valence-electron chi connectivity index (χ0n) is 9.07. The largest absolute Gasteiger partial charge is 0.289 e. The number of rotatable bonds is 3. The van der Waals surface area contributed by atoms with Crippen LogP contribution in [0.25, 0.3) is 0 Å². The fraction of sp³-hybridized carbons (Fsp3) is 0.500. The molecule has 1 aromatic heterocycles. The van der Waals surface area contributed by atoms with E-state index in [2.05, 4.69) is 23.0 Å². The minimum atomic E-state index is 0.987. The predicted molar refractivity (Wildman–Crippen MR) is 65.9 cm³/mol. The van der Waals surface area contributed by atoms with Crippen molar-refractivity contribution in [1.82, 2.24) is 4.98 Å². The summed E-state index contributed by atoms with van der Waals surface area (Å²) in [6.07, 6.45) is 5.48. The fourth-order valence-corrected chi connectivity index (χ4v) is 2.53. The van der Waals surface area contributed by atoms with Crippen molar-refractivity contribution in [1.29, 1.82) is 0 Å². The Kier molecular flexibility index (Phi) is 3.78. The maximum Gasteiger partial charge on any atom is 0.105 e. The summed E-state index contributed by atoms with van der Waals surface area (Å²) in [6, 6.07) is 4.15. The first-order valence-electron chi connectivity index (χ1n) is 5.53. The molecule has 0 bridgehead atoms. The van der Waals surface area contributed by atoms with E-state index in [1.807, 2.05) is 12.3 Å². The smallest absolute Gasteiger partial charge is 0.105 e. The summed E-state index contributed by atoms with van der Waals surface area (Å²) < 4.78 is 0. The molecular formula is C12H16N2S. The molecule has 1 aromatic rings. The number of aliphatic imine (C=N–C) groups is 1. The van der Waals surface area contributed by atoms with Crippen molar-refractivity contribution >= 4 is 17.5 Å². The molecule has 1 aliphatic heterocycles. The molecule has 0 spiro atoms. The Balaban J connectivity index is 2.29. The number of nitrogens with zero attached hydrogens (tertiary/aromatic N) is 2. The van der Waals surface area contributed by atoms with Crippen molar-refractivity contribution in [3.05, 3.63) is 23.9 Å². The number of hydrogen-bond acceptors (Lipinski definition) is 3. The quantitative estimate of drug-likeness (QED) is 0.731. The average Bonchev–Trinajstić information content (AvgIpc) is 2.31. The number of thioether (sulfide) groups is 1. The van der Waals surface area contributed by atoms with Crippen molar-refractivity contribution in [2.24, 2.45) is 4.99 Å². The average molecular weight is 220 g/mol. The molecule has 0 atom stereocenters. The van der Waals surface area contributed by atoms with Crippen LogP contribution in [0.1, 0.15) is 31.7 Å². The summed E-state index contributed by atoms with van der Waals surface area (Å²) in [7, 11) is 0. The summed E-state index contributed by atoms with van der Waals surface area (Å²) in [4.78, 5) is 9.03. The molecular weight excluding hydrogens is 204 g/mol. The van der Waals surface area contributed by atoms with E-state index >= 15 is 0 Å². The molecule has 0 fully saturated rings. The molecule has 15 heavy (non-hydrogen) atoms. The van der Waals surface area contributed by atoms with E-state index in [0.717, 1.165) is 23.7 Å². The first-order chi connectivity index (χ1) is 7.42. The monoisotopic (exact) mass is 220 g/mol. The SMILES string of the molecule is CCSc1ncccc1C1=NCCCC1. The topological polar surface area (TPSA) is 25.2 Å². The lowest BCUT2D eigenvalue weighted by Gasteiger charge is -2.14. The molecule has 2 rings (SSSR count). The zero-order valence-corrected chi connectivity index (χ0v) is 9.89. The van der Waals surface area contributed by atoms with E-state index in [9.17, 15) is 0 Å². The Morgan fingerprint density at radius 1 is 1.40 bits per heavy atom. The van der Waals surface area contributed by atoms with Gasteiger partial charge in [0.25, 0.3) is 0 Å². The Labute approximate surface area is 95.2 Å². The second kappa shape index (κ2) is 5.31. The molecule has 0 saturated carbocycles. The van der Waals surface area contributed by atoms with Gasteiger partial charge in [0.1, 0.15) is 5.03 Å². The molecule has 3 heteroatoms. The van der Waals surface area contributed by atoms with Gasteiger partial charge in [0.2, 0.25) is 0 Å². The molecule has 2 heterocycles. The summed E-state index contributed by atoms with van der Waals surface area (Å²) >= 11 is 1.80. The van der Waals surface area contributed by atoms with Gasteiger partial charge in [-0.1, -0.05) is 6.92 Å². The Morgan fingerprint density at radius 3 is 3.07 bits per heavy atom. The lowest BCUT2D eigenvalue weighted by atomic mass is 10.0. The maximum atomic E-state index is 4.61. The van der Waals surface area contributed by atoms with Gasteiger partial charge < -0.3 is 0 Å². The van der Waals surface area contributed by atoms with Crippen molar-refractivity contribution in [3.8, 4) is 0 Å². The van der Waals surface area contributed by atoms with Gasteiger partial charge in [-0.15, -0.1) is 11.8 Å². The third-order valence-electron chi connectivity index (χ3n) is 2.49. The lowest BCUT2D eigenvalue weighted by molar-refractivity contribution is 0.737. The van der Waals surface area contributed by atoms with E-state index in [1.165, 1.54) is 24.1 Å². The summed E-state index contributed by atoms with van der Waals surface area (Å²) in [5.74, 6) is 1.07. The van der Waals surface area contributed by atoms with Crippen LogP contribution in [0.5, 0.6) is 0 Å². The Bertz CT molecular complexity index is 360. The minimum Gasteiger partial charge on any atom is -0.289 e. The van der Waals surface area contributed by atoms with E-state index in [1.54, 1.807) is 11.8 Å². The predicted octanol–water partition coefficient (Wildman–Crippen LogP) is 3.17. The molecule has 0 aromatic carbocycles. The zero-order chi connectivity index (χ0) is 10.5. The normalized spacial score (nSPS) is 16.2. The second-order valence-corrected chi connectivity index (χ2v) is 4.83. The number of hydrogen-bond donors (Lipinski definition) is 0. The van der Waals surface area contributed by atoms with Crippen LogP contribution in [0, 0.1) is 0 Å². The Morgan fingerprint density at radius 2 is 2.33 bits per heavy atom. The van der Waals surface area contributed by atoms with Gasteiger partial charge in [0, 0.05) is 24.0 Å². The summed E-state index contributed by atoms with van der Waals surface area (Å²) in [5, 5.41) is 1.14. The van der Waals surface area contributed by atoms with Gasteiger partial charge >= 0.3 is 0 Å². The van der Waals surface area contributed by atoms with Gasteiger partial charge in [-0.2, -0.15) is 0 Å². The van der Waals surface area contributed by atoms with E-state index < -0.39 is 0 Å². The van der Waals surface area contributed by atoms with E-state index in [-0.39, 0.29) is 0 Å². The highest BCUT2D eigenvalue weighted by atomic mass is 32.2. The minimum absolute atomic E-state index is 0.987. The van der Waals surface area contributed by atoms with Crippen LogP contribution >= 0.6 is 11.8 Å². The van der Waals surface area contributed by atoms with Gasteiger partial charge in [-0.05, 0) is 37.1 Å². The molecule has 0 radical (unpaired) electrons. The fourth-order valence-electron chi connectivity index (χ4n) is 1.78. The van der Waals surface area contributed by atoms with Crippen molar-refractivity contribution in [2.75, 3.05) is 12.3 Å². The molecule has 2 nitrogen and oxygen atoms in total. The third kappa shape index (κ3) is 2.59. The molecule has 80 valence electrons. The van der Waals surface area contributed by atoms with Gasteiger partial charge in [-0.25, -0.2) is 4.98 Å². The standard InChI is InChI=1S/C12H16N2S/c1-2-15-12-10(6-5-9-14-12)11-7-3-4-8-13-11/h5-6,9H,2-4,7-8H2,1H3. The second-order valence-electron chi connectivity index (χ2n) is 3.57. The van der Waals surface area contributed by atoms with E-state index in [0.29, 0.717) is 0 Å². The molecule has 0 unspecified atom stereocenters. The van der Waals surface area contributed by atoms with Crippen molar-refractivity contribution < 1.29 is 0 Å². The highest BCUT2D eigenvalue weighted by Crippen LogP contribution is 2.23. The lowest BCUT2D eigenvalue weighted by Crippen LogP contribution is -2.09. The van der Waals surface area contributed by atoms with Crippen LogP contribution in [0.2, 0.25) is 0 Å². The van der Waals surface area contributed by atoms with Gasteiger partial charge in [0.05, 0.1) is 0 Å². The van der Waals surface area contributed by atoms with E-state index in [4.69, 9.17) is 0 Å². The summed E-state index contributed by atoms with van der Waals surface area (Å²) in [5.41, 5.74) is 2.51. The van der Waals surface area contributed by atoms with Crippen LogP contribution in [0.3, 0.4) is 0 Å². The molecule has 0 aliphatic carbocycles. The van der Waals surface area contributed by atoms with Crippen LogP contribution in [-0.2, 0) is 0 Å². The first-order valence-corrected chi connectivity index (χ1v) is 6.52. The number of aromatic nitrogens is 1.